The lowest BCUT2D eigenvalue weighted by molar-refractivity contribution is -0.131. The first-order valence-corrected chi connectivity index (χ1v) is 4.92. The summed E-state index contributed by atoms with van der Waals surface area (Å²) in [6.45, 7) is 0. The van der Waals surface area contributed by atoms with Gasteiger partial charge in [0.25, 0.3) is 0 Å². The van der Waals surface area contributed by atoms with Crippen molar-refractivity contribution in [1.29, 1.82) is 0 Å². The normalized spacial score (nSPS) is 12.6. The Morgan fingerprint density at radius 1 is 0.929 bits per heavy atom. The number of hydrogen-bond acceptors (Lipinski definition) is 1. The van der Waals surface area contributed by atoms with Gasteiger partial charge in [0.2, 0.25) is 0 Å². The van der Waals surface area contributed by atoms with Gasteiger partial charge in [-0.25, -0.2) is 4.79 Å². The average molecular weight is 296 g/mol. The molecule has 0 spiro atoms. The summed E-state index contributed by atoms with van der Waals surface area (Å²) in [5.74, 6) is -1.16. The van der Waals surface area contributed by atoms with Gasteiger partial charge in [0.05, 0.1) is 15.1 Å². The maximum absolute atomic E-state index is 10.1. The summed E-state index contributed by atoms with van der Waals surface area (Å²) in [6.07, 6.45) is 1.86. The molecule has 0 saturated carbocycles. The molecule has 0 aromatic carbocycles. The minimum Gasteiger partial charge on any atom is -0.478 e. The monoisotopic (exact) mass is 294 g/mol. The molecular formula is C7H3Cl5O2. The molecule has 0 heterocycles. The fraction of sp³-hybridized carbons (Fsp3) is 0. The first-order chi connectivity index (χ1) is 6.36. The van der Waals surface area contributed by atoms with Crippen molar-refractivity contribution in [2.75, 3.05) is 0 Å². The molecule has 1 N–H and O–H groups in total. The summed E-state index contributed by atoms with van der Waals surface area (Å²) < 4.78 is -0.251. The van der Waals surface area contributed by atoms with Gasteiger partial charge < -0.3 is 5.11 Å². The van der Waals surface area contributed by atoms with Gasteiger partial charge in [-0.3, -0.25) is 0 Å². The van der Waals surface area contributed by atoms with Crippen LogP contribution in [0, 0.1) is 0 Å². The molecule has 2 nitrogen and oxygen atoms in total. The molecule has 0 aliphatic heterocycles. The standard InChI is InChI=1S/C7H3Cl5O2/c8-3(1-2-4(13)14)5(9)6(10)7(11)12/h1-2H,(H,13,14)/b2-1+,5-3-. The highest BCUT2D eigenvalue weighted by atomic mass is 35.5. The van der Waals surface area contributed by atoms with E-state index in [2.05, 4.69) is 0 Å². The van der Waals surface area contributed by atoms with E-state index < -0.39 is 5.97 Å². The Bertz CT molecular complexity index is 325. The number of carboxylic acid groups (broad SMARTS) is 1. The summed E-state index contributed by atoms with van der Waals surface area (Å²) >= 11 is 27.4. The average Bonchev–Trinajstić information content (AvgIpc) is 2.11. The quantitative estimate of drug-likeness (QED) is 0.626. The fourth-order valence-electron chi connectivity index (χ4n) is 0.405. The molecule has 14 heavy (non-hydrogen) atoms. The number of hydrogen-bond donors (Lipinski definition) is 1. The lowest BCUT2D eigenvalue weighted by atomic mass is 10.4. The zero-order valence-corrected chi connectivity index (χ0v) is 10.2. The molecule has 0 atom stereocenters. The van der Waals surface area contributed by atoms with Crippen molar-refractivity contribution >= 4 is 64.0 Å². The van der Waals surface area contributed by atoms with Crippen LogP contribution in [0.25, 0.3) is 0 Å². The van der Waals surface area contributed by atoms with E-state index in [1.807, 2.05) is 0 Å². The topological polar surface area (TPSA) is 37.3 Å². The second-order valence-electron chi connectivity index (χ2n) is 1.91. The Kier molecular flexibility index (Phi) is 6.66. The van der Waals surface area contributed by atoms with E-state index in [0.29, 0.717) is 0 Å². The highest BCUT2D eigenvalue weighted by Gasteiger charge is 2.07. The highest BCUT2D eigenvalue weighted by Crippen LogP contribution is 2.31. The van der Waals surface area contributed by atoms with Gasteiger partial charge in [0.1, 0.15) is 4.49 Å². The third-order valence-corrected chi connectivity index (χ3v) is 2.79. The molecule has 0 aliphatic rings. The molecule has 0 radical (unpaired) electrons. The molecule has 0 saturated heterocycles. The van der Waals surface area contributed by atoms with Crippen LogP contribution in [0.4, 0.5) is 0 Å². The summed E-state index contributed by atoms with van der Waals surface area (Å²) in [5.41, 5.74) is 0. The number of allylic oxidation sites excluding steroid dienone is 4. The number of halogens is 5. The second kappa shape index (κ2) is 6.59. The number of rotatable bonds is 3. The van der Waals surface area contributed by atoms with E-state index in [9.17, 15) is 4.79 Å². The Labute approximate surface area is 105 Å². The predicted octanol–water partition coefficient (Wildman–Crippen LogP) is 4.20. The van der Waals surface area contributed by atoms with E-state index in [1.54, 1.807) is 0 Å². The maximum Gasteiger partial charge on any atom is 0.328 e. The Morgan fingerprint density at radius 3 is 1.79 bits per heavy atom. The number of carbonyl (C=O) groups is 1. The molecular weight excluding hydrogens is 293 g/mol. The van der Waals surface area contributed by atoms with Gasteiger partial charge >= 0.3 is 5.97 Å². The van der Waals surface area contributed by atoms with Crippen LogP contribution in [0.15, 0.2) is 31.7 Å². The minimum atomic E-state index is -1.16. The molecule has 0 aliphatic carbocycles. The van der Waals surface area contributed by atoms with Gasteiger partial charge in [-0.1, -0.05) is 58.0 Å². The molecule has 0 aromatic heterocycles. The van der Waals surface area contributed by atoms with Gasteiger partial charge in [-0.05, 0) is 6.08 Å². The first kappa shape index (κ1) is 14.1. The summed E-state index contributed by atoms with van der Waals surface area (Å²) in [4.78, 5) is 10.1. The molecule has 0 bridgehead atoms. The van der Waals surface area contributed by atoms with Crippen LogP contribution < -0.4 is 0 Å². The zero-order valence-electron chi connectivity index (χ0n) is 6.40. The third-order valence-electron chi connectivity index (χ3n) is 0.941. The van der Waals surface area contributed by atoms with Crippen molar-refractivity contribution < 1.29 is 9.90 Å². The van der Waals surface area contributed by atoms with E-state index in [0.717, 1.165) is 12.2 Å². The van der Waals surface area contributed by atoms with E-state index in [1.165, 1.54) is 0 Å². The van der Waals surface area contributed by atoms with E-state index >= 15 is 0 Å². The summed E-state index contributed by atoms with van der Waals surface area (Å²) in [6, 6.07) is 0. The lowest BCUT2D eigenvalue weighted by Crippen LogP contribution is -1.86. The van der Waals surface area contributed by atoms with Crippen LogP contribution in [-0.4, -0.2) is 11.1 Å². The third kappa shape index (κ3) is 5.13. The molecule has 0 rings (SSSR count). The van der Waals surface area contributed by atoms with Crippen LogP contribution in [0.5, 0.6) is 0 Å². The summed E-state index contributed by atoms with van der Waals surface area (Å²) in [5, 5.41) is 7.95. The lowest BCUT2D eigenvalue weighted by Gasteiger charge is -1.97. The van der Waals surface area contributed by atoms with Crippen molar-refractivity contribution in [3.63, 3.8) is 0 Å². The molecule has 78 valence electrons. The number of carboxylic acids is 1. The SMILES string of the molecule is O=C(O)/C=C/C(Cl)=C(/Cl)C(Cl)=C(Cl)Cl. The van der Waals surface area contributed by atoms with Crippen LogP contribution in [0.3, 0.4) is 0 Å². The summed E-state index contributed by atoms with van der Waals surface area (Å²) in [7, 11) is 0. The van der Waals surface area contributed by atoms with E-state index in [4.69, 9.17) is 63.1 Å². The van der Waals surface area contributed by atoms with Crippen molar-refractivity contribution in [2.24, 2.45) is 0 Å². The van der Waals surface area contributed by atoms with Crippen molar-refractivity contribution in [3.8, 4) is 0 Å². The van der Waals surface area contributed by atoms with Gasteiger partial charge in [0.15, 0.2) is 0 Å². The molecule has 0 fully saturated rings. The van der Waals surface area contributed by atoms with Gasteiger partial charge in [-0.2, -0.15) is 0 Å². The predicted molar refractivity (Wildman–Crippen MR) is 60.1 cm³/mol. The molecule has 0 amide bonds. The molecule has 0 unspecified atom stereocenters. The number of aliphatic carboxylic acids is 1. The van der Waals surface area contributed by atoms with Crippen LogP contribution in [0.1, 0.15) is 0 Å². The van der Waals surface area contributed by atoms with Crippen molar-refractivity contribution in [1.82, 2.24) is 0 Å². The van der Waals surface area contributed by atoms with E-state index in [-0.39, 0.29) is 19.6 Å². The van der Waals surface area contributed by atoms with Gasteiger partial charge in [0, 0.05) is 6.08 Å². The zero-order chi connectivity index (χ0) is 11.3. The smallest absolute Gasteiger partial charge is 0.328 e. The second-order valence-corrected chi connectivity index (χ2v) is 4.02. The Hall–Kier alpha value is 0.140. The van der Waals surface area contributed by atoms with Crippen molar-refractivity contribution in [3.05, 3.63) is 31.7 Å². The highest BCUT2D eigenvalue weighted by molar-refractivity contribution is 6.62. The molecule has 7 heteroatoms. The first-order valence-electron chi connectivity index (χ1n) is 3.03. The molecule has 0 aromatic rings. The van der Waals surface area contributed by atoms with Crippen molar-refractivity contribution in [2.45, 2.75) is 0 Å². The van der Waals surface area contributed by atoms with Gasteiger partial charge in [-0.15, -0.1) is 0 Å². The Morgan fingerprint density at radius 2 is 1.43 bits per heavy atom. The van der Waals surface area contributed by atoms with Crippen LogP contribution in [0.2, 0.25) is 0 Å². The van der Waals surface area contributed by atoms with Crippen LogP contribution >= 0.6 is 58.0 Å². The minimum absolute atomic E-state index is 0.0714. The fourth-order valence-corrected chi connectivity index (χ4v) is 1.16. The van der Waals surface area contributed by atoms with Crippen LogP contribution in [-0.2, 0) is 4.79 Å². The Balaban J connectivity index is 4.95. The maximum atomic E-state index is 10.1. The largest absolute Gasteiger partial charge is 0.478 e.